The smallest absolute Gasteiger partial charge is 0.254 e. The van der Waals surface area contributed by atoms with E-state index in [2.05, 4.69) is 31.2 Å². The summed E-state index contributed by atoms with van der Waals surface area (Å²) in [5, 5.41) is 2.61. The van der Waals surface area contributed by atoms with Crippen molar-refractivity contribution >= 4 is 45.1 Å². The van der Waals surface area contributed by atoms with Crippen LogP contribution in [0.4, 0.5) is 10.2 Å². The summed E-state index contributed by atoms with van der Waals surface area (Å²) in [5.41, 5.74) is 5.83. The van der Waals surface area contributed by atoms with Crippen LogP contribution in [0, 0.1) is 0 Å². The van der Waals surface area contributed by atoms with Crippen molar-refractivity contribution in [2.45, 2.75) is 25.2 Å². The number of carbonyl (C=O) groups is 3. The summed E-state index contributed by atoms with van der Waals surface area (Å²) in [4.78, 5) is 46.6. The predicted molar refractivity (Wildman–Crippen MR) is 107 cm³/mol. The van der Waals surface area contributed by atoms with Gasteiger partial charge >= 0.3 is 0 Å². The molecule has 0 saturated carbocycles. The Bertz CT molecular complexity index is 1140. The van der Waals surface area contributed by atoms with Crippen LogP contribution in [0.25, 0.3) is 5.65 Å². The number of pyridine rings is 1. The fourth-order valence-electron chi connectivity index (χ4n) is 3.49. The molecule has 0 radical (unpaired) electrons. The van der Waals surface area contributed by atoms with Gasteiger partial charge in [0.1, 0.15) is 34.7 Å². The molecule has 3 aromatic heterocycles. The van der Waals surface area contributed by atoms with Gasteiger partial charge in [0.2, 0.25) is 11.8 Å². The van der Waals surface area contributed by atoms with Crippen LogP contribution in [0.15, 0.2) is 41.4 Å². The molecule has 1 fully saturated rings. The Morgan fingerprint density at radius 1 is 1.33 bits per heavy atom. The highest BCUT2D eigenvalue weighted by Gasteiger charge is 2.40. The van der Waals surface area contributed by atoms with Crippen LogP contribution in [0.3, 0.4) is 0 Å². The van der Waals surface area contributed by atoms with E-state index in [1.54, 1.807) is 24.4 Å². The summed E-state index contributed by atoms with van der Waals surface area (Å²) < 4.78 is 17.6. The minimum Gasteiger partial charge on any atom is -0.365 e. The van der Waals surface area contributed by atoms with Gasteiger partial charge in [-0.3, -0.25) is 19.1 Å². The molecule has 0 unspecified atom stereocenters. The van der Waals surface area contributed by atoms with E-state index in [-0.39, 0.29) is 25.1 Å². The van der Waals surface area contributed by atoms with Gasteiger partial charge in [0, 0.05) is 25.0 Å². The molecule has 4 rings (SSSR count). The molecule has 3 aromatic rings. The lowest BCUT2D eigenvalue weighted by Gasteiger charge is -2.23. The van der Waals surface area contributed by atoms with Crippen molar-refractivity contribution in [2.75, 3.05) is 11.9 Å². The zero-order chi connectivity index (χ0) is 21.4. The number of hydrogen-bond acceptors (Lipinski definition) is 5. The Labute approximate surface area is 178 Å². The number of hydrogen-bond donors (Lipinski definition) is 2. The molecule has 10 nitrogen and oxygen atoms in total. The highest BCUT2D eigenvalue weighted by Crippen LogP contribution is 2.23. The van der Waals surface area contributed by atoms with Gasteiger partial charge in [-0.05, 0) is 28.1 Å². The molecular weight excluding hydrogens is 461 g/mol. The number of primary amides is 1. The molecule has 1 aliphatic heterocycles. The number of alkyl halides is 1. The topological polar surface area (TPSA) is 128 Å². The second kappa shape index (κ2) is 7.86. The SMILES string of the molecule is NC(=O)c1cn(CC(=O)N2C[C@H](F)C[C@H]2C(=O)Nc2cccc(Br)n2)n2ccnc12. The number of anilines is 1. The van der Waals surface area contributed by atoms with Crippen molar-refractivity contribution in [3.05, 3.63) is 47.0 Å². The summed E-state index contributed by atoms with van der Waals surface area (Å²) in [6.07, 6.45) is 3.02. The number of halogens is 2. The van der Waals surface area contributed by atoms with Crippen molar-refractivity contribution in [1.82, 2.24) is 24.1 Å². The number of fused-ring (bicyclic) bond motifs is 1. The minimum atomic E-state index is -1.32. The second-order valence-electron chi connectivity index (χ2n) is 6.83. The van der Waals surface area contributed by atoms with Crippen molar-refractivity contribution in [1.29, 1.82) is 0 Å². The van der Waals surface area contributed by atoms with E-state index in [9.17, 15) is 18.8 Å². The highest BCUT2D eigenvalue weighted by atomic mass is 79.9. The van der Waals surface area contributed by atoms with Crippen molar-refractivity contribution in [3.63, 3.8) is 0 Å². The van der Waals surface area contributed by atoms with Gasteiger partial charge < -0.3 is 16.0 Å². The summed E-state index contributed by atoms with van der Waals surface area (Å²) in [6, 6.07) is 4.02. The molecule has 0 aromatic carbocycles. The van der Waals surface area contributed by atoms with Gasteiger partial charge in [-0.15, -0.1) is 0 Å². The number of nitrogens with two attached hydrogens (primary N) is 1. The Balaban J connectivity index is 1.53. The van der Waals surface area contributed by atoms with Crippen LogP contribution >= 0.6 is 15.9 Å². The van der Waals surface area contributed by atoms with E-state index in [1.807, 2.05) is 0 Å². The van der Waals surface area contributed by atoms with E-state index < -0.39 is 29.9 Å². The quantitative estimate of drug-likeness (QED) is 0.529. The monoisotopic (exact) mass is 477 g/mol. The van der Waals surface area contributed by atoms with Gasteiger partial charge in [0.05, 0.1) is 6.54 Å². The molecular formula is C18H17BrFN7O3. The Morgan fingerprint density at radius 3 is 2.87 bits per heavy atom. The normalized spacial score (nSPS) is 18.7. The largest absolute Gasteiger partial charge is 0.365 e. The summed E-state index contributed by atoms with van der Waals surface area (Å²) in [6.45, 7) is -0.411. The second-order valence-corrected chi connectivity index (χ2v) is 7.64. The number of rotatable bonds is 5. The number of amides is 3. The number of carbonyl (C=O) groups excluding carboxylic acids is 3. The summed E-state index contributed by atoms with van der Waals surface area (Å²) in [7, 11) is 0. The van der Waals surface area contributed by atoms with Crippen molar-refractivity contribution in [2.24, 2.45) is 5.73 Å². The number of likely N-dealkylation sites (tertiary alicyclic amines) is 1. The maximum absolute atomic E-state index is 14.1. The zero-order valence-corrected chi connectivity index (χ0v) is 17.1. The molecule has 3 amide bonds. The van der Waals surface area contributed by atoms with Crippen LogP contribution in [-0.2, 0) is 16.1 Å². The lowest BCUT2D eigenvalue weighted by molar-refractivity contribution is -0.137. The first-order chi connectivity index (χ1) is 14.3. The van der Waals surface area contributed by atoms with Crippen LogP contribution in [0.2, 0.25) is 0 Å². The number of nitrogens with zero attached hydrogens (tertiary/aromatic N) is 5. The van der Waals surface area contributed by atoms with Crippen LogP contribution in [-0.4, -0.2) is 60.5 Å². The van der Waals surface area contributed by atoms with E-state index in [0.717, 1.165) is 0 Å². The Kier molecular flexibility index (Phi) is 5.24. The average Bonchev–Trinajstić information content (AvgIpc) is 3.37. The first kappa shape index (κ1) is 20.0. The molecule has 0 bridgehead atoms. The maximum atomic E-state index is 14.1. The minimum absolute atomic E-state index is 0.107. The molecule has 0 spiro atoms. The first-order valence-electron chi connectivity index (χ1n) is 9.02. The van der Waals surface area contributed by atoms with E-state index in [1.165, 1.54) is 26.5 Å². The van der Waals surface area contributed by atoms with E-state index >= 15 is 0 Å². The standard InChI is InChI=1S/C18H17BrFN7O3/c19-13-2-1-3-14(23-13)24-18(30)12-6-10(20)7-26(12)15(28)9-25-8-11(16(21)29)17-22-4-5-27(17)25/h1-5,8,10,12H,6-7,9H2,(H2,21,29)(H,23,24,30)/t10-,12+/m1/s1. The van der Waals surface area contributed by atoms with Gasteiger partial charge in [0.25, 0.3) is 5.91 Å². The number of nitrogens with one attached hydrogen (secondary N) is 1. The molecule has 3 N–H and O–H groups in total. The highest BCUT2D eigenvalue weighted by molar-refractivity contribution is 9.10. The van der Waals surface area contributed by atoms with Crippen molar-refractivity contribution in [3.8, 4) is 0 Å². The van der Waals surface area contributed by atoms with Gasteiger partial charge in [-0.1, -0.05) is 6.07 Å². The number of aromatic nitrogens is 4. The van der Waals surface area contributed by atoms with Gasteiger partial charge in [0.15, 0.2) is 5.65 Å². The third-order valence-corrected chi connectivity index (χ3v) is 5.26. The number of imidazole rings is 1. The third-order valence-electron chi connectivity index (χ3n) is 4.82. The fourth-order valence-corrected chi connectivity index (χ4v) is 3.83. The molecule has 0 aliphatic carbocycles. The average molecular weight is 478 g/mol. The Morgan fingerprint density at radius 2 is 2.13 bits per heavy atom. The van der Waals surface area contributed by atoms with Crippen LogP contribution in [0.5, 0.6) is 0 Å². The van der Waals surface area contributed by atoms with Crippen LogP contribution < -0.4 is 11.1 Å². The lowest BCUT2D eigenvalue weighted by atomic mass is 10.2. The summed E-state index contributed by atoms with van der Waals surface area (Å²) in [5.74, 6) is -1.38. The molecule has 156 valence electrons. The van der Waals surface area contributed by atoms with Crippen LogP contribution in [0.1, 0.15) is 16.8 Å². The van der Waals surface area contributed by atoms with E-state index in [4.69, 9.17) is 5.73 Å². The summed E-state index contributed by atoms with van der Waals surface area (Å²) >= 11 is 3.22. The van der Waals surface area contributed by atoms with E-state index in [0.29, 0.717) is 16.1 Å². The van der Waals surface area contributed by atoms with Gasteiger partial charge in [-0.25, -0.2) is 18.9 Å². The molecule has 2 atom stereocenters. The molecule has 12 heteroatoms. The molecule has 4 heterocycles. The molecule has 1 saturated heterocycles. The Hall–Kier alpha value is -3.28. The first-order valence-corrected chi connectivity index (χ1v) is 9.82. The van der Waals surface area contributed by atoms with Gasteiger partial charge in [-0.2, -0.15) is 0 Å². The molecule has 1 aliphatic rings. The molecule has 30 heavy (non-hydrogen) atoms. The van der Waals surface area contributed by atoms with Crippen molar-refractivity contribution < 1.29 is 18.8 Å². The third kappa shape index (κ3) is 3.77. The lowest BCUT2D eigenvalue weighted by Crippen LogP contribution is -2.44. The fraction of sp³-hybridized carbons (Fsp3) is 0.278. The predicted octanol–water partition coefficient (Wildman–Crippen LogP) is 0.970. The zero-order valence-electron chi connectivity index (χ0n) is 15.5. The maximum Gasteiger partial charge on any atom is 0.254 e.